The molecule has 1 aliphatic carbocycles. The van der Waals surface area contributed by atoms with Crippen molar-refractivity contribution >= 4 is 29.3 Å². The number of aromatic amines is 1. The van der Waals surface area contributed by atoms with E-state index in [2.05, 4.69) is 27.4 Å². The second-order valence-electron chi connectivity index (χ2n) is 6.20. The lowest BCUT2D eigenvalue weighted by molar-refractivity contribution is -0.119. The van der Waals surface area contributed by atoms with Crippen LogP contribution in [0.1, 0.15) is 32.6 Å². The van der Waals surface area contributed by atoms with Crippen LogP contribution in [0.4, 0.5) is 0 Å². The maximum absolute atomic E-state index is 12.1. The SMILES string of the molecule is C[C@H]1CCCC[C@H]1NC(=O)CSc1n[nH]c(-c2ccc(Cl)cc2)n1. The fourth-order valence-electron chi connectivity index (χ4n) is 2.96. The third-order valence-electron chi connectivity index (χ3n) is 4.37. The van der Waals surface area contributed by atoms with Crippen molar-refractivity contribution in [3.8, 4) is 11.4 Å². The standard InChI is InChI=1S/C17H21ClN4OS/c1-11-4-2-3-5-14(11)19-15(23)10-24-17-20-16(21-22-17)12-6-8-13(18)9-7-12/h6-9,11,14H,2-5,10H2,1H3,(H,19,23)(H,20,21,22)/t11-,14+/m0/s1. The molecule has 128 valence electrons. The number of benzene rings is 1. The summed E-state index contributed by atoms with van der Waals surface area (Å²) in [6.07, 6.45) is 4.75. The maximum Gasteiger partial charge on any atom is 0.230 e. The zero-order valence-corrected chi connectivity index (χ0v) is 15.2. The molecule has 7 heteroatoms. The van der Waals surface area contributed by atoms with Crippen molar-refractivity contribution in [2.75, 3.05) is 5.75 Å². The van der Waals surface area contributed by atoms with E-state index in [4.69, 9.17) is 11.6 Å². The van der Waals surface area contributed by atoms with Crippen LogP contribution in [0.2, 0.25) is 5.02 Å². The van der Waals surface area contributed by atoms with Gasteiger partial charge in [0.1, 0.15) is 0 Å². The Morgan fingerprint density at radius 2 is 2.08 bits per heavy atom. The zero-order chi connectivity index (χ0) is 16.9. The molecule has 3 rings (SSSR count). The van der Waals surface area contributed by atoms with E-state index in [0.717, 1.165) is 12.0 Å². The molecular formula is C17H21ClN4OS. The molecule has 0 radical (unpaired) electrons. The number of amides is 1. The molecule has 1 aliphatic rings. The molecule has 1 fully saturated rings. The van der Waals surface area contributed by atoms with Crippen LogP contribution < -0.4 is 5.32 Å². The molecule has 0 unspecified atom stereocenters. The Morgan fingerprint density at radius 1 is 1.33 bits per heavy atom. The second kappa shape index (κ2) is 8.03. The highest BCUT2D eigenvalue weighted by Gasteiger charge is 2.22. The number of hydrogen-bond donors (Lipinski definition) is 2. The number of thioether (sulfide) groups is 1. The Bertz CT molecular complexity index is 688. The van der Waals surface area contributed by atoms with Crippen LogP contribution in [-0.2, 0) is 4.79 Å². The van der Waals surface area contributed by atoms with Crippen molar-refractivity contribution in [1.29, 1.82) is 0 Å². The molecule has 5 nitrogen and oxygen atoms in total. The van der Waals surface area contributed by atoms with Gasteiger partial charge in [-0.25, -0.2) is 4.98 Å². The van der Waals surface area contributed by atoms with E-state index in [1.165, 1.54) is 31.0 Å². The lowest BCUT2D eigenvalue weighted by atomic mass is 9.86. The highest BCUT2D eigenvalue weighted by atomic mass is 35.5. The van der Waals surface area contributed by atoms with E-state index in [1.54, 1.807) is 0 Å². The monoisotopic (exact) mass is 364 g/mol. The van der Waals surface area contributed by atoms with Crippen molar-refractivity contribution < 1.29 is 4.79 Å². The molecule has 0 bridgehead atoms. The molecular weight excluding hydrogens is 344 g/mol. The van der Waals surface area contributed by atoms with Gasteiger partial charge in [0, 0.05) is 16.6 Å². The van der Waals surface area contributed by atoms with Crippen LogP contribution in [-0.4, -0.2) is 32.9 Å². The van der Waals surface area contributed by atoms with Crippen LogP contribution in [0.3, 0.4) is 0 Å². The van der Waals surface area contributed by atoms with Gasteiger partial charge in [0.05, 0.1) is 5.75 Å². The zero-order valence-electron chi connectivity index (χ0n) is 13.6. The van der Waals surface area contributed by atoms with Crippen LogP contribution in [0.5, 0.6) is 0 Å². The first-order chi connectivity index (χ1) is 11.6. The first-order valence-corrected chi connectivity index (χ1v) is 9.58. The van der Waals surface area contributed by atoms with Crippen molar-refractivity contribution in [1.82, 2.24) is 20.5 Å². The predicted molar refractivity (Wildman–Crippen MR) is 97.1 cm³/mol. The van der Waals surface area contributed by atoms with Gasteiger partial charge >= 0.3 is 0 Å². The average Bonchev–Trinajstić information content (AvgIpc) is 3.05. The van der Waals surface area contributed by atoms with E-state index in [9.17, 15) is 4.79 Å². The van der Waals surface area contributed by atoms with Gasteiger partial charge in [-0.05, 0) is 43.0 Å². The normalized spacial score (nSPS) is 20.8. The summed E-state index contributed by atoms with van der Waals surface area (Å²) in [6.45, 7) is 2.21. The van der Waals surface area contributed by atoms with Gasteiger partial charge in [-0.2, -0.15) is 0 Å². The average molecular weight is 365 g/mol. The summed E-state index contributed by atoms with van der Waals surface area (Å²) in [5.41, 5.74) is 0.916. The molecule has 1 aromatic carbocycles. The van der Waals surface area contributed by atoms with Crippen molar-refractivity contribution in [2.45, 2.75) is 43.8 Å². The van der Waals surface area contributed by atoms with E-state index < -0.39 is 0 Å². The summed E-state index contributed by atoms with van der Waals surface area (Å²) in [4.78, 5) is 16.5. The van der Waals surface area contributed by atoms with Gasteiger partial charge in [0.2, 0.25) is 11.1 Å². The molecule has 1 aromatic heterocycles. The summed E-state index contributed by atoms with van der Waals surface area (Å²) in [7, 11) is 0. The first-order valence-electron chi connectivity index (χ1n) is 8.22. The Kier molecular flexibility index (Phi) is 5.79. The Hall–Kier alpha value is -1.53. The minimum atomic E-state index is 0.0524. The van der Waals surface area contributed by atoms with Gasteiger partial charge in [0.25, 0.3) is 0 Å². The molecule has 0 saturated heterocycles. The Labute approximate surface area is 151 Å². The molecule has 2 atom stereocenters. The quantitative estimate of drug-likeness (QED) is 0.789. The third-order valence-corrected chi connectivity index (χ3v) is 5.47. The van der Waals surface area contributed by atoms with Gasteiger partial charge in [-0.15, -0.1) is 5.10 Å². The summed E-state index contributed by atoms with van der Waals surface area (Å²) >= 11 is 7.23. The van der Waals surface area contributed by atoms with Crippen LogP contribution in [0.25, 0.3) is 11.4 Å². The van der Waals surface area contributed by atoms with E-state index in [1.807, 2.05) is 24.3 Å². The largest absolute Gasteiger partial charge is 0.352 e. The number of nitrogens with one attached hydrogen (secondary N) is 2. The van der Waals surface area contributed by atoms with E-state index in [0.29, 0.717) is 33.7 Å². The van der Waals surface area contributed by atoms with Crippen LogP contribution in [0.15, 0.2) is 29.4 Å². The number of nitrogens with zero attached hydrogens (tertiary/aromatic N) is 2. The fraction of sp³-hybridized carbons (Fsp3) is 0.471. The summed E-state index contributed by atoms with van der Waals surface area (Å²) in [5.74, 6) is 1.63. The number of rotatable bonds is 5. The number of aromatic nitrogens is 3. The van der Waals surface area contributed by atoms with Gasteiger partial charge < -0.3 is 5.32 Å². The number of halogens is 1. The number of carbonyl (C=O) groups is 1. The smallest absolute Gasteiger partial charge is 0.230 e. The molecule has 0 spiro atoms. The maximum atomic E-state index is 12.1. The minimum absolute atomic E-state index is 0.0524. The highest BCUT2D eigenvalue weighted by Crippen LogP contribution is 2.24. The van der Waals surface area contributed by atoms with E-state index >= 15 is 0 Å². The minimum Gasteiger partial charge on any atom is -0.352 e. The molecule has 1 amide bonds. The van der Waals surface area contributed by atoms with Crippen molar-refractivity contribution in [2.24, 2.45) is 5.92 Å². The summed E-state index contributed by atoms with van der Waals surface area (Å²) in [5, 5.41) is 11.5. The molecule has 2 aromatic rings. The fourth-order valence-corrected chi connectivity index (χ4v) is 3.69. The van der Waals surface area contributed by atoms with Crippen molar-refractivity contribution in [3.63, 3.8) is 0 Å². The summed E-state index contributed by atoms with van der Waals surface area (Å²) < 4.78 is 0. The third kappa shape index (κ3) is 4.51. The van der Waals surface area contributed by atoms with Gasteiger partial charge in [-0.3, -0.25) is 9.89 Å². The Balaban J connectivity index is 1.51. The molecule has 0 aliphatic heterocycles. The molecule has 2 N–H and O–H groups in total. The molecule has 1 saturated carbocycles. The number of hydrogen-bond acceptors (Lipinski definition) is 4. The second-order valence-corrected chi connectivity index (χ2v) is 7.58. The highest BCUT2D eigenvalue weighted by molar-refractivity contribution is 7.99. The van der Waals surface area contributed by atoms with Crippen LogP contribution >= 0.6 is 23.4 Å². The molecule has 24 heavy (non-hydrogen) atoms. The topological polar surface area (TPSA) is 70.7 Å². The lowest BCUT2D eigenvalue weighted by Gasteiger charge is -2.29. The van der Waals surface area contributed by atoms with Gasteiger partial charge in [-0.1, -0.05) is 43.1 Å². The number of carbonyl (C=O) groups excluding carboxylic acids is 1. The Morgan fingerprint density at radius 3 is 2.83 bits per heavy atom. The van der Waals surface area contributed by atoms with E-state index in [-0.39, 0.29) is 5.91 Å². The predicted octanol–water partition coefficient (Wildman–Crippen LogP) is 3.91. The van der Waals surface area contributed by atoms with Crippen LogP contribution in [0, 0.1) is 5.92 Å². The van der Waals surface area contributed by atoms with Gasteiger partial charge in [0.15, 0.2) is 5.82 Å². The van der Waals surface area contributed by atoms with Crippen molar-refractivity contribution in [3.05, 3.63) is 29.3 Å². The molecule has 1 heterocycles. The lowest BCUT2D eigenvalue weighted by Crippen LogP contribution is -2.41. The summed E-state index contributed by atoms with van der Waals surface area (Å²) in [6, 6.07) is 7.70. The number of H-pyrrole nitrogens is 1. The first kappa shape index (κ1) is 17.3.